The lowest BCUT2D eigenvalue weighted by atomic mass is 9.76. The van der Waals surface area contributed by atoms with Crippen LogP contribution in [0.3, 0.4) is 0 Å². The van der Waals surface area contributed by atoms with Crippen molar-refractivity contribution < 1.29 is 14.7 Å². The summed E-state index contributed by atoms with van der Waals surface area (Å²) < 4.78 is 0. The van der Waals surface area contributed by atoms with Crippen LogP contribution in [0.15, 0.2) is 18.3 Å². The molecule has 0 aliphatic heterocycles. The second-order valence-electron chi connectivity index (χ2n) is 5.24. The number of nitrogens with zero attached hydrogens (tertiary/aromatic N) is 1. The molecule has 0 aromatic carbocycles. The number of carboxylic acid groups (broad SMARTS) is 1. The Bertz CT molecular complexity index is 485. The van der Waals surface area contributed by atoms with Crippen molar-refractivity contribution in [3.05, 3.63) is 24.0 Å². The molecule has 0 aliphatic rings. The fourth-order valence-electron chi connectivity index (χ4n) is 1.67. The lowest BCUT2D eigenvalue weighted by molar-refractivity contribution is -0.153. The monoisotopic (exact) mass is 264 g/mol. The molecule has 0 spiro atoms. The maximum atomic E-state index is 12.0. The van der Waals surface area contributed by atoms with Gasteiger partial charge in [0.15, 0.2) is 0 Å². The first-order chi connectivity index (χ1) is 8.77. The van der Waals surface area contributed by atoms with Crippen LogP contribution in [0.1, 0.15) is 32.9 Å². The first-order valence-electron chi connectivity index (χ1n) is 6.22. The quantitative estimate of drug-likeness (QED) is 0.856. The number of nitrogens with one attached hydrogen (secondary N) is 1. The van der Waals surface area contributed by atoms with E-state index in [1.807, 2.05) is 0 Å². The highest BCUT2D eigenvalue weighted by molar-refractivity contribution is 5.94. The summed E-state index contributed by atoms with van der Waals surface area (Å²) in [6.45, 7) is 6.98. The molecule has 2 N–H and O–H groups in total. The predicted molar refractivity (Wildman–Crippen MR) is 72.8 cm³/mol. The van der Waals surface area contributed by atoms with Gasteiger partial charge in [-0.15, -0.1) is 0 Å². The average molecular weight is 264 g/mol. The lowest BCUT2D eigenvalue weighted by Gasteiger charge is -2.28. The van der Waals surface area contributed by atoms with E-state index in [0.29, 0.717) is 11.4 Å². The van der Waals surface area contributed by atoms with E-state index in [0.717, 1.165) is 0 Å². The number of anilines is 1. The van der Waals surface area contributed by atoms with Gasteiger partial charge in [0.1, 0.15) is 0 Å². The Morgan fingerprint density at radius 1 is 1.47 bits per heavy atom. The van der Waals surface area contributed by atoms with E-state index in [2.05, 4.69) is 10.3 Å². The molecule has 1 unspecified atom stereocenters. The molecule has 1 aromatic heterocycles. The number of hydrogen-bond acceptors (Lipinski definition) is 3. The summed E-state index contributed by atoms with van der Waals surface area (Å²) >= 11 is 0. The molecule has 5 heteroatoms. The van der Waals surface area contributed by atoms with Crippen molar-refractivity contribution in [3.63, 3.8) is 0 Å². The fourth-order valence-corrected chi connectivity index (χ4v) is 1.67. The Morgan fingerprint density at radius 2 is 2.11 bits per heavy atom. The largest absolute Gasteiger partial charge is 0.481 e. The zero-order valence-electron chi connectivity index (χ0n) is 11.7. The van der Waals surface area contributed by atoms with Gasteiger partial charge in [0.25, 0.3) is 0 Å². The van der Waals surface area contributed by atoms with E-state index in [1.165, 1.54) is 0 Å². The number of carboxylic acids is 1. The number of aryl methyl sites for hydroxylation is 1. The number of carbonyl (C=O) groups excluding carboxylic acids is 1. The molecule has 0 radical (unpaired) electrons. The Labute approximate surface area is 113 Å². The van der Waals surface area contributed by atoms with Crippen LogP contribution in [-0.4, -0.2) is 22.0 Å². The van der Waals surface area contributed by atoms with Crippen molar-refractivity contribution in [3.8, 4) is 0 Å². The molecular formula is C14H20N2O3. The third-order valence-corrected chi connectivity index (χ3v) is 3.57. The molecule has 5 nitrogen and oxygen atoms in total. The van der Waals surface area contributed by atoms with E-state index in [1.54, 1.807) is 46.0 Å². The lowest BCUT2D eigenvalue weighted by Crippen LogP contribution is -2.37. The van der Waals surface area contributed by atoms with Crippen LogP contribution in [0.2, 0.25) is 0 Å². The minimum Gasteiger partial charge on any atom is -0.481 e. The van der Waals surface area contributed by atoms with E-state index < -0.39 is 11.4 Å². The molecule has 1 heterocycles. The molecule has 1 aromatic rings. The van der Waals surface area contributed by atoms with Crippen LogP contribution in [0, 0.1) is 18.3 Å². The molecule has 0 aliphatic carbocycles. The van der Waals surface area contributed by atoms with E-state index in [-0.39, 0.29) is 18.2 Å². The van der Waals surface area contributed by atoms with Gasteiger partial charge in [0.2, 0.25) is 5.91 Å². The van der Waals surface area contributed by atoms with Crippen LogP contribution in [0.5, 0.6) is 0 Å². The standard InChI is InChI=1S/C14H20N2O3/c1-9(2)14(4,13(18)19)8-12(17)16-11-6-5-7-15-10(11)3/h5-7,9H,8H2,1-4H3,(H,16,17)(H,18,19). The highest BCUT2D eigenvalue weighted by atomic mass is 16.4. The van der Waals surface area contributed by atoms with Crippen molar-refractivity contribution in [2.24, 2.45) is 11.3 Å². The molecule has 104 valence electrons. The SMILES string of the molecule is Cc1ncccc1NC(=O)CC(C)(C(=O)O)C(C)C. The van der Waals surface area contributed by atoms with Gasteiger partial charge in [-0.25, -0.2) is 0 Å². The van der Waals surface area contributed by atoms with Crippen molar-refractivity contribution in [1.29, 1.82) is 0 Å². The first kappa shape index (κ1) is 15.1. The number of rotatable bonds is 5. The van der Waals surface area contributed by atoms with Gasteiger partial charge >= 0.3 is 5.97 Å². The molecule has 1 amide bonds. The topological polar surface area (TPSA) is 79.3 Å². The molecular weight excluding hydrogens is 244 g/mol. The Hall–Kier alpha value is -1.91. The fraction of sp³-hybridized carbons (Fsp3) is 0.500. The number of aromatic nitrogens is 1. The maximum absolute atomic E-state index is 12.0. The van der Waals surface area contributed by atoms with Gasteiger partial charge in [0.05, 0.1) is 16.8 Å². The number of carbonyl (C=O) groups is 2. The first-order valence-corrected chi connectivity index (χ1v) is 6.22. The van der Waals surface area contributed by atoms with Crippen LogP contribution < -0.4 is 5.32 Å². The predicted octanol–water partition coefficient (Wildman–Crippen LogP) is 2.47. The van der Waals surface area contributed by atoms with E-state index in [9.17, 15) is 14.7 Å². The third kappa shape index (κ3) is 3.53. The Kier molecular flexibility index (Phi) is 4.64. The molecule has 0 bridgehead atoms. The number of amides is 1. The van der Waals surface area contributed by atoms with Gasteiger partial charge in [-0.3, -0.25) is 14.6 Å². The summed E-state index contributed by atoms with van der Waals surface area (Å²) in [5, 5.41) is 12.0. The van der Waals surface area contributed by atoms with Gasteiger partial charge in [-0.2, -0.15) is 0 Å². The molecule has 19 heavy (non-hydrogen) atoms. The van der Waals surface area contributed by atoms with Crippen LogP contribution in [0.4, 0.5) is 5.69 Å². The minimum atomic E-state index is -1.07. The molecule has 0 saturated heterocycles. The summed E-state index contributed by atoms with van der Waals surface area (Å²) in [4.78, 5) is 27.4. The van der Waals surface area contributed by atoms with Gasteiger partial charge in [0, 0.05) is 12.6 Å². The highest BCUT2D eigenvalue weighted by Gasteiger charge is 2.38. The smallest absolute Gasteiger partial charge is 0.310 e. The summed E-state index contributed by atoms with van der Waals surface area (Å²) in [5.74, 6) is -1.40. The van der Waals surface area contributed by atoms with E-state index in [4.69, 9.17) is 0 Å². The van der Waals surface area contributed by atoms with Gasteiger partial charge in [-0.1, -0.05) is 13.8 Å². The Morgan fingerprint density at radius 3 is 2.58 bits per heavy atom. The zero-order chi connectivity index (χ0) is 14.6. The maximum Gasteiger partial charge on any atom is 0.310 e. The number of aliphatic carboxylic acids is 1. The molecule has 1 rings (SSSR count). The summed E-state index contributed by atoms with van der Waals surface area (Å²) in [6, 6.07) is 3.47. The van der Waals surface area contributed by atoms with Crippen LogP contribution >= 0.6 is 0 Å². The van der Waals surface area contributed by atoms with Crippen molar-refractivity contribution in [2.75, 3.05) is 5.32 Å². The number of hydrogen-bond donors (Lipinski definition) is 2. The highest BCUT2D eigenvalue weighted by Crippen LogP contribution is 2.31. The zero-order valence-corrected chi connectivity index (χ0v) is 11.7. The Balaban J connectivity index is 2.80. The van der Waals surface area contributed by atoms with Crippen LogP contribution in [0.25, 0.3) is 0 Å². The number of pyridine rings is 1. The van der Waals surface area contributed by atoms with Crippen molar-refractivity contribution >= 4 is 17.6 Å². The second kappa shape index (κ2) is 5.82. The summed E-state index contributed by atoms with van der Waals surface area (Å²) in [5.41, 5.74) is 0.252. The second-order valence-corrected chi connectivity index (χ2v) is 5.24. The molecule has 1 atom stereocenters. The van der Waals surface area contributed by atoms with Gasteiger partial charge < -0.3 is 10.4 Å². The normalized spacial score (nSPS) is 13.9. The molecule has 0 fully saturated rings. The van der Waals surface area contributed by atoms with E-state index >= 15 is 0 Å². The van der Waals surface area contributed by atoms with Gasteiger partial charge in [-0.05, 0) is 31.9 Å². The average Bonchev–Trinajstić information content (AvgIpc) is 2.31. The van der Waals surface area contributed by atoms with Crippen molar-refractivity contribution in [1.82, 2.24) is 4.98 Å². The summed E-state index contributed by atoms with van der Waals surface area (Å²) in [7, 11) is 0. The van der Waals surface area contributed by atoms with Crippen molar-refractivity contribution in [2.45, 2.75) is 34.1 Å². The molecule has 0 saturated carbocycles. The summed E-state index contributed by atoms with van der Waals surface area (Å²) in [6.07, 6.45) is 1.58. The third-order valence-electron chi connectivity index (χ3n) is 3.57. The minimum absolute atomic E-state index is 0.0612. The van der Waals surface area contributed by atoms with Crippen LogP contribution in [-0.2, 0) is 9.59 Å².